The third kappa shape index (κ3) is 3.12. The second kappa shape index (κ2) is 6.29. The van der Waals surface area contributed by atoms with Gasteiger partial charge >= 0.3 is 5.97 Å². The molecule has 5 heteroatoms. The van der Waals surface area contributed by atoms with Crippen LogP contribution in [0.4, 0.5) is 0 Å². The summed E-state index contributed by atoms with van der Waals surface area (Å²) in [4.78, 5) is 25.7. The Labute approximate surface area is 135 Å². The standard InChI is InChI=1S/C17H20ClNO3/c18-15-7-6-13-9-19(10-14(13)8-15)16(20)11-2-1-3-12(5-4-11)17(21)22/h6-8,11-12H,1-5,9-10H2,(H,21,22). The first-order valence-corrected chi connectivity index (χ1v) is 8.21. The van der Waals surface area contributed by atoms with Crippen molar-refractivity contribution in [1.29, 1.82) is 0 Å². The lowest BCUT2D eigenvalue weighted by atomic mass is 9.97. The molecule has 3 rings (SSSR count). The summed E-state index contributed by atoms with van der Waals surface area (Å²) in [6, 6.07) is 5.77. The number of amides is 1. The van der Waals surface area contributed by atoms with E-state index < -0.39 is 5.97 Å². The van der Waals surface area contributed by atoms with Gasteiger partial charge in [0.25, 0.3) is 0 Å². The van der Waals surface area contributed by atoms with Crippen LogP contribution in [0.15, 0.2) is 18.2 Å². The molecule has 0 saturated heterocycles. The molecule has 1 aromatic rings. The summed E-state index contributed by atoms with van der Waals surface area (Å²) >= 11 is 6.01. The summed E-state index contributed by atoms with van der Waals surface area (Å²) in [5, 5.41) is 9.84. The number of hydrogen-bond donors (Lipinski definition) is 1. The fourth-order valence-electron chi connectivity index (χ4n) is 3.57. The zero-order valence-electron chi connectivity index (χ0n) is 12.4. The second-order valence-corrected chi connectivity index (χ2v) is 6.78. The second-order valence-electron chi connectivity index (χ2n) is 6.35. The predicted octanol–water partition coefficient (Wildman–Crippen LogP) is 3.46. The SMILES string of the molecule is O=C(O)C1CCCC(C(=O)N2Cc3ccc(Cl)cc3C2)CC1. The van der Waals surface area contributed by atoms with Crippen molar-refractivity contribution in [3.63, 3.8) is 0 Å². The Morgan fingerprint density at radius 2 is 1.73 bits per heavy atom. The van der Waals surface area contributed by atoms with Crippen LogP contribution in [0.25, 0.3) is 0 Å². The number of fused-ring (bicyclic) bond motifs is 1. The van der Waals surface area contributed by atoms with Gasteiger partial charge in [-0.1, -0.05) is 24.1 Å². The highest BCUT2D eigenvalue weighted by atomic mass is 35.5. The van der Waals surface area contributed by atoms with Crippen molar-refractivity contribution in [3.8, 4) is 0 Å². The van der Waals surface area contributed by atoms with Gasteiger partial charge in [0, 0.05) is 24.0 Å². The van der Waals surface area contributed by atoms with Crippen molar-refractivity contribution in [3.05, 3.63) is 34.3 Å². The van der Waals surface area contributed by atoms with Crippen LogP contribution in [0.5, 0.6) is 0 Å². The molecule has 1 fully saturated rings. The molecule has 1 N–H and O–H groups in total. The first-order valence-electron chi connectivity index (χ1n) is 7.83. The Morgan fingerprint density at radius 1 is 1.05 bits per heavy atom. The van der Waals surface area contributed by atoms with E-state index in [0.717, 1.165) is 24.0 Å². The molecule has 1 amide bonds. The van der Waals surface area contributed by atoms with Gasteiger partial charge in [-0.2, -0.15) is 0 Å². The normalized spacial score (nSPS) is 24.7. The maximum absolute atomic E-state index is 12.7. The molecule has 2 atom stereocenters. The van der Waals surface area contributed by atoms with Crippen molar-refractivity contribution in [2.75, 3.05) is 0 Å². The number of carbonyl (C=O) groups is 2. The maximum Gasteiger partial charge on any atom is 0.306 e. The summed E-state index contributed by atoms with van der Waals surface area (Å²) in [5.74, 6) is -0.879. The molecule has 2 aliphatic rings. The highest BCUT2D eigenvalue weighted by Crippen LogP contribution is 2.32. The molecule has 1 aliphatic carbocycles. The monoisotopic (exact) mass is 321 g/mol. The van der Waals surface area contributed by atoms with Gasteiger partial charge in [-0.25, -0.2) is 0 Å². The Morgan fingerprint density at radius 3 is 2.50 bits per heavy atom. The van der Waals surface area contributed by atoms with Crippen LogP contribution in [0.3, 0.4) is 0 Å². The van der Waals surface area contributed by atoms with Gasteiger partial charge in [-0.15, -0.1) is 0 Å². The van der Waals surface area contributed by atoms with Crippen molar-refractivity contribution >= 4 is 23.5 Å². The molecule has 1 aliphatic heterocycles. The number of nitrogens with zero attached hydrogens (tertiary/aromatic N) is 1. The molecule has 1 saturated carbocycles. The van der Waals surface area contributed by atoms with E-state index in [2.05, 4.69) is 0 Å². The largest absolute Gasteiger partial charge is 0.481 e. The zero-order valence-corrected chi connectivity index (χ0v) is 13.2. The van der Waals surface area contributed by atoms with Gasteiger partial charge in [0.1, 0.15) is 0 Å². The average Bonchev–Trinajstić information content (AvgIpc) is 2.74. The lowest BCUT2D eigenvalue weighted by Crippen LogP contribution is -2.32. The zero-order chi connectivity index (χ0) is 15.7. The van der Waals surface area contributed by atoms with Crippen molar-refractivity contribution in [2.45, 2.75) is 45.2 Å². The first-order chi connectivity index (χ1) is 10.5. The molecule has 1 aromatic carbocycles. The van der Waals surface area contributed by atoms with Crippen LogP contribution in [-0.4, -0.2) is 21.9 Å². The molecule has 0 spiro atoms. The number of rotatable bonds is 2. The van der Waals surface area contributed by atoms with Gasteiger partial charge in [0.15, 0.2) is 0 Å². The van der Waals surface area contributed by atoms with Gasteiger partial charge in [-0.3, -0.25) is 9.59 Å². The van der Waals surface area contributed by atoms with E-state index in [9.17, 15) is 9.59 Å². The number of aliphatic carboxylic acids is 1. The molecule has 1 heterocycles. The molecule has 22 heavy (non-hydrogen) atoms. The number of carbonyl (C=O) groups excluding carboxylic acids is 1. The molecule has 4 nitrogen and oxygen atoms in total. The summed E-state index contributed by atoms with van der Waals surface area (Å²) < 4.78 is 0. The van der Waals surface area contributed by atoms with E-state index in [-0.39, 0.29) is 17.7 Å². The van der Waals surface area contributed by atoms with Crippen LogP contribution >= 0.6 is 11.6 Å². The lowest BCUT2D eigenvalue weighted by molar-refractivity contribution is -0.142. The van der Waals surface area contributed by atoms with Gasteiger partial charge < -0.3 is 10.0 Å². The number of halogens is 1. The number of carboxylic acids is 1. The molecular formula is C17H20ClNO3. The summed E-state index contributed by atoms with van der Waals surface area (Å²) in [7, 11) is 0. The fourth-order valence-corrected chi connectivity index (χ4v) is 3.77. The smallest absolute Gasteiger partial charge is 0.306 e. The number of carboxylic acid groups (broad SMARTS) is 1. The van der Waals surface area contributed by atoms with Crippen molar-refractivity contribution in [1.82, 2.24) is 4.90 Å². The molecule has 0 radical (unpaired) electrons. The van der Waals surface area contributed by atoms with Crippen LogP contribution in [-0.2, 0) is 22.7 Å². The third-order valence-electron chi connectivity index (χ3n) is 4.87. The third-order valence-corrected chi connectivity index (χ3v) is 5.10. The highest BCUT2D eigenvalue weighted by molar-refractivity contribution is 6.30. The Balaban J connectivity index is 1.64. The molecular weight excluding hydrogens is 302 g/mol. The quantitative estimate of drug-likeness (QED) is 0.849. The Hall–Kier alpha value is -1.55. The Bertz CT molecular complexity index is 602. The van der Waals surface area contributed by atoms with E-state index in [1.165, 1.54) is 0 Å². The van der Waals surface area contributed by atoms with Crippen molar-refractivity contribution in [2.24, 2.45) is 11.8 Å². The van der Waals surface area contributed by atoms with E-state index in [0.29, 0.717) is 37.4 Å². The van der Waals surface area contributed by atoms with E-state index in [1.807, 2.05) is 23.1 Å². The van der Waals surface area contributed by atoms with E-state index in [1.54, 1.807) is 0 Å². The highest BCUT2D eigenvalue weighted by Gasteiger charge is 2.32. The summed E-state index contributed by atoms with van der Waals surface area (Å²) in [5.41, 5.74) is 2.28. The molecule has 0 aromatic heterocycles. The fraction of sp³-hybridized carbons (Fsp3) is 0.529. The minimum absolute atomic E-state index is 0.0332. The van der Waals surface area contributed by atoms with Gasteiger partial charge in [0.05, 0.1) is 5.92 Å². The summed E-state index contributed by atoms with van der Waals surface area (Å²) in [6.07, 6.45) is 3.60. The Kier molecular flexibility index (Phi) is 4.39. The first kappa shape index (κ1) is 15.3. The van der Waals surface area contributed by atoms with E-state index in [4.69, 9.17) is 16.7 Å². The number of benzene rings is 1. The molecule has 118 valence electrons. The summed E-state index contributed by atoms with van der Waals surface area (Å²) in [6.45, 7) is 1.26. The molecule has 2 unspecified atom stereocenters. The lowest BCUT2D eigenvalue weighted by Gasteiger charge is -2.22. The minimum Gasteiger partial charge on any atom is -0.481 e. The molecule has 0 bridgehead atoms. The average molecular weight is 322 g/mol. The van der Waals surface area contributed by atoms with Crippen LogP contribution < -0.4 is 0 Å². The van der Waals surface area contributed by atoms with Crippen molar-refractivity contribution < 1.29 is 14.7 Å². The van der Waals surface area contributed by atoms with Crippen LogP contribution in [0.1, 0.15) is 43.2 Å². The van der Waals surface area contributed by atoms with Gasteiger partial charge in [0.2, 0.25) is 5.91 Å². The van der Waals surface area contributed by atoms with Crippen LogP contribution in [0, 0.1) is 11.8 Å². The van der Waals surface area contributed by atoms with Crippen LogP contribution in [0.2, 0.25) is 5.02 Å². The minimum atomic E-state index is -0.726. The number of hydrogen-bond acceptors (Lipinski definition) is 2. The predicted molar refractivity (Wildman–Crippen MR) is 83.4 cm³/mol. The maximum atomic E-state index is 12.7. The van der Waals surface area contributed by atoms with Gasteiger partial charge in [-0.05, 0) is 48.9 Å². The topological polar surface area (TPSA) is 57.6 Å². The van der Waals surface area contributed by atoms with E-state index >= 15 is 0 Å².